The van der Waals surface area contributed by atoms with Gasteiger partial charge in [0, 0.05) is 35.3 Å². The molecular formula is C24H24BN5O2. The van der Waals surface area contributed by atoms with Crippen molar-refractivity contribution in [2.24, 2.45) is 0 Å². The van der Waals surface area contributed by atoms with Crippen LogP contribution in [0.1, 0.15) is 5.69 Å². The van der Waals surface area contributed by atoms with Gasteiger partial charge in [-0.3, -0.25) is 4.98 Å². The molecule has 0 aliphatic heterocycles. The summed E-state index contributed by atoms with van der Waals surface area (Å²) in [7, 11) is 2.08. The number of hydrogen-bond acceptors (Lipinski definition) is 7. The molecule has 3 N–H and O–H groups in total. The lowest BCUT2D eigenvalue weighted by Crippen LogP contribution is -2.01. The van der Waals surface area contributed by atoms with Crippen molar-refractivity contribution in [3.8, 4) is 28.5 Å². The van der Waals surface area contributed by atoms with Crippen LogP contribution in [-0.4, -0.2) is 29.4 Å². The Bertz CT molecular complexity index is 1180. The van der Waals surface area contributed by atoms with Gasteiger partial charge in [0.15, 0.2) is 0 Å². The molecule has 0 saturated heterocycles. The minimum absolute atomic E-state index is 0.198. The van der Waals surface area contributed by atoms with E-state index < -0.39 is 0 Å². The normalized spacial score (nSPS) is 10.5. The molecule has 0 fully saturated rings. The van der Waals surface area contributed by atoms with Crippen LogP contribution in [-0.2, 0) is 0 Å². The Hall–Kier alpha value is -4.07. The SMILES string of the molecule is BCCOc1ccc(-c2cc(Nc3ccc(Oc4ccnc(C)c4)cc3)nc(N)n2)cc1. The van der Waals surface area contributed by atoms with Gasteiger partial charge < -0.3 is 20.5 Å². The van der Waals surface area contributed by atoms with E-state index in [0.29, 0.717) is 12.4 Å². The highest BCUT2D eigenvalue weighted by molar-refractivity contribution is 6.08. The summed E-state index contributed by atoms with van der Waals surface area (Å²) < 4.78 is 11.5. The van der Waals surface area contributed by atoms with Crippen LogP contribution in [0.5, 0.6) is 17.2 Å². The van der Waals surface area contributed by atoms with Crippen LogP contribution in [0.15, 0.2) is 72.9 Å². The van der Waals surface area contributed by atoms with E-state index in [1.807, 2.05) is 73.7 Å². The number of nitrogen functional groups attached to an aromatic ring is 1. The van der Waals surface area contributed by atoms with Gasteiger partial charge in [0.2, 0.25) is 5.95 Å². The Kier molecular flexibility index (Phi) is 6.50. The van der Waals surface area contributed by atoms with E-state index in [1.54, 1.807) is 6.20 Å². The van der Waals surface area contributed by atoms with Gasteiger partial charge >= 0.3 is 0 Å². The summed E-state index contributed by atoms with van der Waals surface area (Å²) in [5.41, 5.74) is 9.38. The lowest BCUT2D eigenvalue weighted by molar-refractivity contribution is 0.340. The Morgan fingerprint density at radius 3 is 2.38 bits per heavy atom. The average Bonchev–Trinajstić information content (AvgIpc) is 2.79. The highest BCUT2D eigenvalue weighted by Crippen LogP contribution is 2.27. The predicted octanol–water partition coefficient (Wildman–Crippen LogP) is 4.40. The predicted molar refractivity (Wildman–Crippen MR) is 129 cm³/mol. The molecule has 32 heavy (non-hydrogen) atoms. The fourth-order valence-electron chi connectivity index (χ4n) is 3.09. The summed E-state index contributed by atoms with van der Waals surface area (Å²) in [4.78, 5) is 12.8. The molecule has 2 aromatic carbocycles. The number of anilines is 3. The van der Waals surface area contributed by atoms with Gasteiger partial charge in [0.05, 0.1) is 12.3 Å². The number of hydrogen-bond donors (Lipinski definition) is 2. The highest BCUT2D eigenvalue weighted by Gasteiger charge is 2.07. The third kappa shape index (κ3) is 5.54. The first-order valence-electron chi connectivity index (χ1n) is 10.4. The van der Waals surface area contributed by atoms with Crippen molar-refractivity contribution in [3.05, 3.63) is 78.6 Å². The topological polar surface area (TPSA) is 95.2 Å². The summed E-state index contributed by atoms with van der Waals surface area (Å²) in [5, 5.41) is 3.27. The summed E-state index contributed by atoms with van der Waals surface area (Å²) in [5.74, 6) is 3.12. The second kappa shape index (κ2) is 9.83. The highest BCUT2D eigenvalue weighted by atomic mass is 16.5. The van der Waals surface area contributed by atoms with Crippen molar-refractivity contribution in [2.45, 2.75) is 13.2 Å². The minimum Gasteiger partial charge on any atom is -0.494 e. The smallest absolute Gasteiger partial charge is 0.222 e. The number of aromatic nitrogens is 3. The minimum atomic E-state index is 0.198. The molecule has 0 radical (unpaired) electrons. The third-order valence-corrected chi connectivity index (χ3v) is 4.60. The zero-order chi connectivity index (χ0) is 22.3. The molecule has 2 aromatic heterocycles. The van der Waals surface area contributed by atoms with Crippen LogP contribution in [0.3, 0.4) is 0 Å². The molecule has 0 saturated carbocycles. The van der Waals surface area contributed by atoms with Crippen LogP contribution in [0.4, 0.5) is 17.5 Å². The van der Waals surface area contributed by atoms with E-state index in [0.717, 1.165) is 46.2 Å². The average molecular weight is 425 g/mol. The van der Waals surface area contributed by atoms with Crippen LogP contribution >= 0.6 is 0 Å². The second-order valence-corrected chi connectivity index (χ2v) is 7.25. The van der Waals surface area contributed by atoms with Gasteiger partial charge in [-0.25, -0.2) is 4.98 Å². The fourth-order valence-corrected chi connectivity index (χ4v) is 3.09. The molecular weight excluding hydrogens is 401 g/mol. The van der Waals surface area contributed by atoms with E-state index >= 15 is 0 Å². The monoisotopic (exact) mass is 425 g/mol. The van der Waals surface area contributed by atoms with Crippen LogP contribution in [0.25, 0.3) is 11.3 Å². The van der Waals surface area contributed by atoms with Gasteiger partial charge in [-0.2, -0.15) is 4.98 Å². The molecule has 4 rings (SSSR count). The summed E-state index contributed by atoms with van der Waals surface area (Å²) >= 11 is 0. The van der Waals surface area contributed by atoms with Gasteiger partial charge in [0.1, 0.15) is 30.9 Å². The summed E-state index contributed by atoms with van der Waals surface area (Å²) in [6.07, 6.45) is 2.69. The number of nitrogens with one attached hydrogen (secondary N) is 1. The molecule has 0 atom stereocenters. The van der Waals surface area contributed by atoms with Crippen molar-refractivity contribution >= 4 is 25.3 Å². The maximum Gasteiger partial charge on any atom is 0.222 e. The number of benzene rings is 2. The van der Waals surface area contributed by atoms with E-state index in [4.69, 9.17) is 15.2 Å². The lowest BCUT2D eigenvalue weighted by Gasteiger charge is -2.11. The largest absolute Gasteiger partial charge is 0.494 e. The third-order valence-electron chi connectivity index (χ3n) is 4.60. The van der Waals surface area contributed by atoms with Crippen LogP contribution in [0.2, 0.25) is 6.32 Å². The van der Waals surface area contributed by atoms with Gasteiger partial charge in [-0.15, -0.1) is 0 Å². The van der Waals surface area contributed by atoms with E-state index in [-0.39, 0.29) is 5.95 Å². The van der Waals surface area contributed by atoms with Crippen molar-refractivity contribution in [2.75, 3.05) is 17.7 Å². The summed E-state index contributed by atoms with van der Waals surface area (Å²) in [6, 6.07) is 21.0. The van der Waals surface area contributed by atoms with Crippen molar-refractivity contribution < 1.29 is 9.47 Å². The zero-order valence-corrected chi connectivity index (χ0v) is 18.1. The molecule has 4 aromatic rings. The molecule has 8 heteroatoms. The van der Waals surface area contributed by atoms with Crippen LogP contribution in [0, 0.1) is 6.92 Å². The molecule has 0 unspecified atom stereocenters. The number of aryl methyl sites for hydroxylation is 1. The molecule has 2 heterocycles. The Morgan fingerprint density at radius 1 is 0.906 bits per heavy atom. The first-order chi connectivity index (χ1) is 15.6. The first kappa shape index (κ1) is 21.2. The Morgan fingerprint density at radius 2 is 1.66 bits per heavy atom. The molecule has 160 valence electrons. The summed E-state index contributed by atoms with van der Waals surface area (Å²) in [6.45, 7) is 2.62. The van der Waals surface area contributed by atoms with Crippen molar-refractivity contribution in [1.82, 2.24) is 15.0 Å². The van der Waals surface area contributed by atoms with Gasteiger partial charge in [0.25, 0.3) is 0 Å². The van der Waals surface area contributed by atoms with E-state index in [9.17, 15) is 0 Å². The number of ether oxygens (including phenoxy) is 2. The standard InChI is InChI=1S/C24H24BN5O2/c1-16-14-21(10-12-27-16)32-20-8-4-18(5-9-20)28-23-15-22(29-24(26)30-23)17-2-6-19(7-3-17)31-13-11-25/h2-10,12,14-15H,11,13,25H2,1H3,(H3,26,28,29,30). The molecule has 0 amide bonds. The number of pyridine rings is 1. The Labute approximate surface area is 188 Å². The molecule has 7 nitrogen and oxygen atoms in total. The molecule has 0 spiro atoms. The lowest BCUT2D eigenvalue weighted by atomic mass is 10.1. The zero-order valence-electron chi connectivity index (χ0n) is 18.1. The van der Waals surface area contributed by atoms with E-state index in [1.165, 1.54) is 0 Å². The molecule has 0 bridgehead atoms. The maximum absolute atomic E-state index is 5.96. The first-order valence-corrected chi connectivity index (χ1v) is 10.4. The molecule has 0 aliphatic carbocycles. The second-order valence-electron chi connectivity index (χ2n) is 7.25. The Balaban J connectivity index is 1.47. The number of nitrogens with zero attached hydrogens (tertiary/aromatic N) is 3. The van der Waals surface area contributed by atoms with Crippen molar-refractivity contribution in [1.29, 1.82) is 0 Å². The maximum atomic E-state index is 5.96. The van der Waals surface area contributed by atoms with E-state index in [2.05, 4.69) is 28.1 Å². The van der Waals surface area contributed by atoms with Gasteiger partial charge in [-0.05, 0) is 67.8 Å². The number of nitrogens with two attached hydrogens (primary N) is 1. The van der Waals surface area contributed by atoms with Crippen molar-refractivity contribution in [3.63, 3.8) is 0 Å². The molecule has 0 aliphatic rings. The fraction of sp³-hybridized carbons (Fsp3) is 0.125. The van der Waals surface area contributed by atoms with Crippen LogP contribution < -0.4 is 20.5 Å². The van der Waals surface area contributed by atoms with Gasteiger partial charge in [-0.1, -0.05) is 0 Å². The number of rotatable bonds is 8. The quantitative estimate of drug-likeness (QED) is 0.404.